The van der Waals surface area contributed by atoms with Crippen LogP contribution in [0.2, 0.25) is 0 Å². The van der Waals surface area contributed by atoms with Gasteiger partial charge in [-0.1, -0.05) is 0 Å². The molecular weight excluding hydrogens is 567 g/mol. The van der Waals surface area contributed by atoms with Crippen LogP contribution in [0.15, 0.2) is 53.7 Å². The second-order valence-electron chi connectivity index (χ2n) is 13.3. The van der Waals surface area contributed by atoms with Gasteiger partial charge in [-0.15, -0.1) is 0 Å². The lowest BCUT2D eigenvalue weighted by Gasteiger charge is -2.39. The number of halogens is 1. The first-order valence-electron chi connectivity index (χ1n) is 16.5. The summed E-state index contributed by atoms with van der Waals surface area (Å²) in [4.78, 5) is 30.4. The number of nitrogens with zero attached hydrogens (tertiary/aromatic N) is 4. The highest BCUT2D eigenvalue weighted by Crippen LogP contribution is 2.45. The summed E-state index contributed by atoms with van der Waals surface area (Å²) < 4.78 is 15.3. The molecule has 2 aliphatic heterocycles. The minimum Gasteiger partial charge on any atom is -0.391 e. The molecule has 8 nitrogen and oxygen atoms in total. The van der Waals surface area contributed by atoms with Crippen LogP contribution in [0, 0.1) is 25.6 Å². The van der Waals surface area contributed by atoms with Crippen LogP contribution in [-0.4, -0.2) is 52.3 Å². The topological polar surface area (TPSA) is 97.4 Å². The van der Waals surface area contributed by atoms with Crippen LogP contribution in [0.3, 0.4) is 0 Å². The Morgan fingerprint density at radius 1 is 1.00 bits per heavy atom. The summed E-state index contributed by atoms with van der Waals surface area (Å²) in [5.74, 6) is 0.523. The number of benzene rings is 1. The van der Waals surface area contributed by atoms with Crippen LogP contribution >= 0.6 is 0 Å². The molecular formula is C36H43FN6O2. The zero-order chi connectivity index (χ0) is 31.1. The number of hydrogen-bond acceptors (Lipinski definition) is 7. The van der Waals surface area contributed by atoms with Gasteiger partial charge in [-0.05, 0) is 106 Å². The molecule has 45 heavy (non-hydrogen) atoms. The Morgan fingerprint density at radius 2 is 1.78 bits per heavy atom. The van der Waals surface area contributed by atoms with E-state index in [1.165, 1.54) is 30.2 Å². The van der Waals surface area contributed by atoms with E-state index in [0.29, 0.717) is 53.6 Å². The number of fused-ring (bicyclic) bond motifs is 1. The van der Waals surface area contributed by atoms with Crippen LogP contribution < -0.4 is 20.5 Å². The summed E-state index contributed by atoms with van der Waals surface area (Å²) in [6.45, 7) is 7.42. The summed E-state index contributed by atoms with van der Waals surface area (Å²) in [5, 5.41) is 14.2. The molecule has 1 unspecified atom stereocenters. The molecule has 0 bridgehead atoms. The second kappa shape index (κ2) is 12.5. The first kappa shape index (κ1) is 29.9. The SMILES string of the molecule is Cc1cc(C(NCc2c[nH]c3cc(N4CCC[C@H](O)C4)c(F)cc3c2=O)[C@H]2CCCN(c3cnc(C)cc3C3CC3)C2)ccn1. The molecule has 7 rings (SSSR count). The predicted octanol–water partition coefficient (Wildman–Crippen LogP) is 5.66. The molecule has 0 spiro atoms. The average molecular weight is 611 g/mol. The van der Waals surface area contributed by atoms with Gasteiger partial charge in [0.2, 0.25) is 0 Å². The number of aromatic nitrogens is 3. The number of aryl methyl sites for hydroxylation is 2. The lowest BCUT2D eigenvalue weighted by Crippen LogP contribution is -2.42. The summed E-state index contributed by atoms with van der Waals surface area (Å²) >= 11 is 0. The highest BCUT2D eigenvalue weighted by atomic mass is 19.1. The quantitative estimate of drug-likeness (QED) is 0.237. The van der Waals surface area contributed by atoms with E-state index in [-0.39, 0.29) is 11.5 Å². The van der Waals surface area contributed by atoms with Gasteiger partial charge < -0.3 is 25.2 Å². The number of aliphatic hydroxyl groups is 1. The van der Waals surface area contributed by atoms with Gasteiger partial charge in [-0.25, -0.2) is 4.39 Å². The van der Waals surface area contributed by atoms with Crippen molar-refractivity contribution in [1.29, 1.82) is 0 Å². The molecule has 9 heteroatoms. The second-order valence-corrected chi connectivity index (χ2v) is 13.3. The normalized spacial score (nSPS) is 21.3. The van der Waals surface area contributed by atoms with E-state index < -0.39 is 11.9 Å². The van der Waals surface area contributed by atoms with Gasteiger partial charge in [-0.3, -0.25) is 14.8 Å². The van der Waals surface area contributed by atoms with Crippen LogP contribution in [0.4, 0.5) is 15.8 Å². The molecule has 3 aromatic heterocycles. The monoisotopic (exact) mass is 610 g/mol. The summed E-state index contributed by atoms with van der Waals surface area (Å²) in [6.07, 6.45) is 11.4. The Hall–Kier alpha value is -3.82. The molecule has 2 saturated heterocycles. The van der Waals surface area contributed by atoms with Gasteiger partial charge in [0, 0.05) is 73.5 Å². The molecule has 1 aromatic carbocycles. The molecule has 5 heterocycles. The number of pyridine rings is 3. The van der Waals surface area contributed by atoms with Crippen molar-refractivity contribution in [2.75, 3.05) is 36.0 Å². The van der Waals surface area contributed by atoms with Crippen LogP contribution in [0.1, 0.15) is 78.6 Å². The third kappa shape index (κ3) is 6.33. The van der Waals surface area contributed by atoms with E-state index in [9.17, 15) is 9.90 Å². The summed E-state index contributed by atoms with van der Waals surface area (Å²) in [6, 6.07) is 9.55. The molecule has 3 fully saturated rings. The van der Waals surface area contributed by atoms with Crippen LogP contribution in [-0.2, 0) is 6.54 Å². The number of anilines is 2. The Kier molecular flexibility index (Phi) is 8.31. The molecule has 236 valence electrons. The van der Waals surface area contributed by atoms with Crippen molar-refractivity contribution in [1.82, 2.24) is 20.3 Å². The third-order valence-electron chi connectivity index (χ3n) is 9.89. The lowest BCUT2D eigenvalue weighted by molar-refractivity contribution is 0.154. The number of rotatable bonds is 8. The predicted molar refractivity (Wildman–Crippen MR) is 176 cm³/mol. The highest BCUT2D eigenvalue weighted by molar-refractivity contribution is 5.83. The van der Waals surface area contributed by atoms with E-state index in [0.717, 1.165) is 55.7 Å². The number of piperidine rings is 2. The largest absolute Gasteiger partial charge is 0.391 e. The number of β-amino-alcohol motifs (C(OH)–C–C–N with tert-alkyl or cyclic N) is 1. The van der Waals surface area contributed by atoms with Crippen molar-refractivity contribution >= 4 is 22.3 Å². The Bertz CT molecular complexity index is 1750. The molecule has 1 aliphatic carbocycles. The first-order chi connectivity index (χ1) is 21.8. The van der Waals surface area contributed by atoms with Crippen molar-refractivity contribution < 1.29 is 9.50 Å². The number of aliphatic hydroxyl groups excluding tert-OH is 1. The maximum atomic E-state index is 15.3. The standard InChI is InChI=1S/C36H43FN6O2/c1-22-13-25(9-10-38-22)35(26-5-3-11-42(20-26)34-19-39-23(2)14-29(34)24-7-8-24)41-18-27-17-40-32-16-33(31(37)15-30(32)36(27)45)43-12-4-6-28(44)21-43/h9-10,13-17,19,24,26,28,35,41,44H,3-8,11-12,18,20-21H2,1-2H3,(H,40,45)/t26-,28-,35?/m0/s1. The van der Waals surface area contributed by atoms with E-state index in [1.54, 1.807) is 12.3 Å². The Morgan fingerprint density at radius 3 is 2.56 bits per heavy atom. The number of nitrogens with one attached hydrogen (secondary N) is 2. The van der Waals surface area contributed by atoms with Gasteiger partial charge in [0.15, 0.2) is 5.43 Å². The minimum absolute atomic E-state index is 0.0111. The maximum Gasteiger partial charge on any atom is 0.193 e. The zero-order valence-electron chi connectivity index (χ0n) is 26.2. The third-order valence-corrected chi connectivity index (χ3v) is 9.89. The van der Waals surface area contributed by atoms with Crippen molar-refractivity contribution in [2.24, 2.45) is 5.92 Å². The summed E-state index contributed by atoms with van der Waals surface area (Å²) in [7, 11) is 0. The van der Waals surface area contributed by atoms with Gasteiger partial charge in [0.1, 0.15) is 5.82 Å². The number of aromatic amines is 1. The lowest BCUT2D eigenvalue weighted by atomic mass is 9.86. The van der Waals surface area contributed by atoms with Crippen LogP contribution in [0.25, 0.3) is 10.9 Å². The molecule has 0 radical (unpaired) electrons. The fourth-order valence-electron chi connectivity index (χ4n) is 7.42. The molecule has 3 N–H and O–H groups in total. The minimum atomic E-state index is -0.469. The van der Waals surface area contributed by atoms with Crippen molar-refractivity contribution in [3.63, 3.8) is 0 Å². The first-order valence-corrected chi connectivity index (χ1v) is 16.5. The van der Waals surface area contributed by atoms with Gasteiger partial charge in [0.05, 0.1) is 29.2 Å². The number of hydrogen-bond donors (Lipinski definition) is 3. The fourth-order valence-corrected chi connectivity index (χ4v) is 7.42. The zero-order valence-corrected chi connectivity index (χ0v) is 26.2. The highest BCUT2D eigenvalue weighted by Gasteiger charge is 2.33. The van der Waals surface area contributed by atoms with E-state index in [4.69, 9.17) is 0 Å². The maximum absolute atomic E-state index is 15.3. The van der Waals surface area contributed by atoms with Crippen LogP contribution in [0.5, 0.6) is 0 Å². The van der Waals surface area contributed by atoms with E-state index in [2.05, 4.69) is 56.5 Å². The van der Waals surface area contributed by atoms with Gasteiger partial charge in [-0.2, -0.15) is 0 Å². The fraction of sp³-hybridized carbons (Fsp3) is 0.472. The average Bonchev–Trinajstić information content (AvgIpc) is 3.88. The van der Waals surface area contributed by atoms with Gasteiger partial charge in [0.25, 0.3) is 0 Å². The molecule has 0 amide bonds. The van der Waals surface area contributed by atoms with E-state index in [1.807, 2.05) is 18.0 Å². The Balaban J connectivity index is 1.15. The molecule has 1 saturated carbocycles. The van der Waals surface area contributed by atoms with Crippen molar-refractivity contribution in [2.45, 2.75) is 77.0 Å². The molecule has 3 aliphatic rings. The van der Waals surface area contributed by atoms with Crippen molar-refractivity contribution in [3.8, 4) is 0 Å². The molecule has 3 atom stereocenters. The smallest absolute Gasteiger partial charge is 0.193 e. The van der Waals surface area contributed by atoms with Crippen molar-refractivity contribution in [3.05, 3.63) is 93.0 Å². The Labute approximate surface area is 263 Å². The van der Waals surface area contributed by atoms with E-state index >= 15 is 4.39 Å². The molecule has 4 aromatic rings. The summed E-state index contributed by atoms with van der Waals surface area (Å²) in [5.41, 5.74) is 7.32. The van der Waals surface area contributed by atoms with Gasteiger partial charge >= 0.3 is 0 Å². The number of H-pyrrole nitrogens is 1.